The quantitative estimate of drug-likeness (QED) is 0.477. The highest BCUT2D eigenvalue weighted by Crippen LogP contribution is 2.19. The van der Waals surface area contributed by atoms with Gasteiger partial charge >= 0.3 is 0 Å². The molecule has 0 aliphatic carbocycles. The van der Waals surface area contributed by atoms with Crippen LogP contribution in [0.2, 0.25) is 0 Å². The maximum absolute atomic E-state index is 10.7. The summed E-state index contributed by atoms with van der Waals surface area (Å²) in [6.07, 6.45) is 1.62. The van der Waals surface area contributed by atoms with Crippen LogP contribution in [-0.4, -0.2) is 11.1 Å². The molecule has 0 saturated carbocycles. The number of nitro groups is 1. The van der Waals surface area contributed by atoms with Crippen molar-refractivity contribution < 1.29 is 9.34 Å². The fourth-order valence-electron chi connectivity index (χ4n) is 1.67. The molecule has 0 saturated heterocycles. The minimum Gasteiger partial charge on any atom is -0.464 e. The van der Waals surface area contributed by atoms with E-state index < -0.39 is 4.92 Å². The second-order valence-corrected chi connectivity index (χ2v) is 4.25. The van der Waals surface area contributed by atoms with Crippen LogP contribution in [0.5, 0.6) is 0 Å². The van der Waals surface area contributed by atoms with Crippen LogP contribution in [-0.2, 0) is 0 Å². The zero-order valence-electron chi connectivity index (χ0n) is 10.7. The first-order chi connectivity index (χ1) is 9.06. The summed E-state index contributed by atoms with van der Waals surface area (Å²) in [6, 6.07) is 10.0. The molecule has 2 rings (SSSR count). The van der Waals surface area contributed by atoms with Crippen LogP contribution < -0.4 is 0 Å². The van der Waals surface area contributed by atoms with Crippen molar-refractivity contribution in [1.82, 2.24) is 0 Å². The predicted molar refractivity (Wildman–Crippen MR) is 72.6 cm³/mol. The average molecular weight is 258 g/mol. The number of furan rings is 1. The lowest BCUT2D eigenvalue weighted by Crippen LogP contribution is -1.91. The van der Waals surface area contributed by atoms with Gasteiger partial charge in [0.1, 0.15) is 17.6 Å². The lowest BCUT2D eigenvalue weighted by Gasteiger charge is -2.01. The molecule has 2 aromatic rings. The molecule has 0 spiro atoms. The van der Waals surface area contributed by atoms with Crippen molar-refractivity contribution in [3.63, 3.8) is 0 Å². The number of hydrogen-bond donors (Lipinski definition) is 0. The zero-order valence-corrected chi connectivity index (χ0v) is 10.7. The normalized spacial score (nSPS) is 12.7. The van der Waals surface area contributed by atoms with Gasteiger partial charge in [0, 0.05) is 18.3 Å². The molecule has 5 nitrogen and oxygen atoms in total. The van der Waals surface area contributed by atoms with Crippen molar-refractivity contribution >= 4 is 11.9 Å². The van der Waals surface area contributed by atoms with Gasteiger partial charge in [-0.1, -0.05) is 12.1 Å². The van der Waals surface area contributed by atoms with E-state index in [0.29, 0.717) is 5.56 Å². The third-order valence-corrected chi connectivity index (χ3v) is 2.70. The Morgan fingerprint density at radius 2 is 2.16 bits per heavy atom. The highest BCUT2D eigenvalue weighted by molar-refractivity contribution is 5.80. The van der Waals surface area contributed by atoms with Crippen molar-refractivity contribution in [2.45, 2.75) is 19.9 Å². The number of aryl methyl sites for hydroxylation is 1. The van der Waals surface area contributed by atoms with E-state index in [2.05, 4.69) is 4.99 Å². The molecule has 5 heteroatoms. The summed E-state index contributed by atoms with van der Waals surface area (Å²) >= 11 is 0. The third kappa shape index (κ3) is 3.28. The van der Waals surface area contributed by atoms with Crippen molar-refractivity contribution in [2.75, 3.05) is 0 Å². The van der Waals surface area contributed by atoms with E-state index in [-0.39, 0.29) is 11.7 Å². The van der Waals surface area contributed by atoms with E-state index in [1.54, 1.807) is 18.3 Å². The van der Waals surface area contributed by atoms with Crippen molar-refractivity contribution in [2.24, 2.45) is 4.99 Å². The Kier molecular flexibility index (Phi) is 3.75. The summed E-state index contributed by atoms with van der Waals surface area (Å²) in [5.74, 6) is 1.62. The summed E-state index contributed by atoms with van der Waals surface area (Å²) in [4.78, 5) is 14.6. The number of nitrogens with zero attached hydrogens (tertiary/aromatic N) is 2. The maximum Gasteiger partial charge on any atom is 0.270 e. The summed E-state index contributed by atoms with van der Waals surface area (Å²) in [5.41, 5.74) is 0.759. The van der Waals surface area contributed by atoms with Crippen LogP contribution in [0.25, 0.3) is 0 Å². The average Bonchev–Trinajstić information content (AvgIpc) is 2.83. The predicted octanol–water partition coefficient (Wildman–Crippen LogP) is 3.68. The molecule has 0 aliphatic rings. The van der Waals surface area contributed by atoms with E-state index in [9.17, 15) is 10.1 Å². The lowest BCUT2D eigenvalue weighted by molar-refractivity contribution is -0.384. The molecule has 19 heavy (non-hydrogen) atoms. The van der Waals surface area contributed by atoms with Crippen LogP contribution in [0.4, 0.5) is 5.69 Å². The number of non-ortho nitro benzene ring substituents is 1. The SMILES string of the molecule is Cc1ccc([C@@H](C)N=Cc2cccc([N+](=O)[O-])c2)o1. The Morgan fingerprint density at radius 1 is 1.37 bits per heavy atom. The van der Waals surface area contributed by atoms with Gasteiger partial charge in [-0.15, -0.1) is 0 Å². The molecule has 0 unspecified atom stereocenters. The summed E-state index contributed by atoms with van der Waals surface area (Å²) in [6.45, 7) is 3.78. The highest BCUT2D eigenvalue weighted by Gasteiger charge is 2.07. The Balaban J connectivity index is 2.14. The zero-order chi connectivity index (χ0) is 13.8. The molecule has 98 valence electrons. The smallest absolute Gasteiger partial charge is 0.270 e. The van der Waals surface area contributed by atoms with Crippen molar-refractivity contribution in [3.05, 3.63) is 63.6 Å². The molecule has 1 aromatic carbocycles. The van der Waals surface area contributed by atoms with Crippen LogP contribution in [0.1, 0.15) is 30.0 Å². The maximum atomic E-state index is 10.7. The Hall–Kier alpha value is -2.43. The van der Waals surface area contributed by atoms with E-state index in [4.69, 9.17) is 4.42 Å². The summed E-state index contributed by atoms with van der Waals surface area (Å²) in [5, 5.41) is 10.7. The molecule has 0 aliphatic heterocycles. The van der Waals surface area contributed by atoms with E-state index >= 15 is 0 Å². The number of benzene rings is 1. The Labute approximate surface area is 110 Å². The van der Waals surface area contributed by atoms with Crippen LogP contribution in [0.3, 0.4) is 0 Å². The lowest BCUT2D eigenvalue weighted by atomic mass is 10.2. The van der Waals surface area contributed by atoms with E-state index in [0.717, 1.165) is 11.5 Å². The highest BCUT2D eigenvalue weighted by atomic mass is 16.6. The van der Waals surface area contributed by atoms with Crippen LogP contribution in [0, 0.1) is 17.0 Å². The molecule has 0 bridgehead atoms. The number of aliphatic imine (C=N–C) groups is 1. The van der Waals surface area contributed by atoms with Gasteiger partial charge < -0.3 is 4.42 Å². The largest absolute Gasteiger partial charge is 0.464 e. The molecule has 1 aromatic heterocycles. The Morgan fingerprint density at radius 3 is 2.79 bits per heavy atom. The fraction of sp³-hybridized carbons (Fsp3) is 0.214. The standard InChI is InChI=1S/C14H14N2O3/c1-10-6-7-14(19-10)11(2)15-9-12-4-3-5-13(8-12)16(17)18/h3-9,11H,1-2H3/t11-/m1/s1. The topological polar surface area (TPSA) is 68.6 Å². The molecule has 0 amide bonds. The van der Waals surface area contributed by atoms with Gasteiger partial charge in [0.25, 0.3) is 5.69 Å². The van der Waals surface area contributed by atoms with Crippen molar-refractivity contribution in [1.29, 1.82) is 0 Å². The van der Waals surface area contributed by atoms with Crippen LogP contribution in [0.15, 0.2) is 45.8 Å². The minimum atomic E-state index is -0.420. The fourth-order valence-corrected chi connectivity index (χ4v) is 1.67. The second kappa shape index (κ2) is 5.48. The molecule has 0 fully saturated rings. The van der Waals surface area contributed by atoms with Gasteiger partial charge in [0.15, 0.2) is 0 Å². The first-order valence-electron chi connectivity index (χ1n) is 5.90. The first kappa shape index (κ1) is 13.0. The van der Waals surface area contributed by atoms with Gasteiger partial charge in [-0.25, -0.2) is 0 Å². The number of rotatable bonds is 4. The minimum absolute atomic E-state index is 0.0606. The van der Waals surface area contributed by atoms with Gasteiger partial charge in [0.2, 0.25) is 0 Å². The van der Waals surface area contributed by atoms with Gasteiger partial charge in [0.05, 0.1) is 4.92 Å². The first-order valence-corrected chi connectivity index (χ1v) is 5.90. The molecule has 1 heterocycles. The van der Waals surface area contributed by atoms with Crippen molar-refractivity contribution in [3.8, 4) is 0 Å². The van der Waals surface area contributed by atoms with E-state index in [1.807, 2.05) is 26.0 Å². The number of hydrogen-bond acceptors (Lipinski definition) is 4. The summed E-state index contributed by atoms with van der Waals surface area (Å²) in [7, 11) is 0. The second-order valence-electron chi connectivity index (χ2n) is 4.25. The molecular weight excluding hydrogens is 244 g/mol. The van der Waals surface area contributed by atoms with Gasteiger partial charge in [-0.3, -0.25) is 15.1 Å². The van der Waals surface area contributed by atoms with Gasteiger partial charge in [-0.2, -0.15) is 0 Å². The molecule has 0 N–H and O–H groups in total. The molecule has 0 radical (unpaired) electrons. The van der Waals surface area contributed by atoms with Gasteiger partial charge in [-0.05, 0) is 31.5 Å². The monoisotopic (exact) mass is 258 g/mol. The summed E-state index contributed by atoms with van der Waals surface area (Å²) < 4.78 is 5.47. The van der Waals surface area contributed by atoms with Crippen LogP contribution >= 0.6 is 0 Å². The molecular formula is C14H14N2O3. The Bertz CT molecular complexity index is 617. The third-order valence-electron chi connectivity index (χ3n) is 2.70. The number of nitro benzene ring substituents is 1. The van der Waals surface area contributed by atoms with E-state index in [1.165, 1.54) is 12.1 Å². The molecule has 1 atom stereocenters.